The number of pyridine rings is 1. The molecule has 0 radical (unpaired) electrons. The van der Waals surface area contributed by atoms with Crippen molar-refractivity contribution in [1.29, 1.82) is 0 Å². The Morgan fingerprint density at radius 1 is 1.21 bits per heavy atom. The van der Waals surface area contributed by atoms with E-state index >= 15 is 0 Å². The molecule has 0 spiro atoms. The predicted molar refractivity (Wildman–Crippen MR) is 123 cm³/mol. The van der Waals surface area contributed by atoms with Gasteiger partial charge in [-0.05, 0) is 24.6 Å². The van der Waals surface area contributed by atoms with Gasteiger partial charge in [0.1, 0.15) is 23.9 Å². The molecule has 4 aromatic rings. The maximum atomic E-state index is 14.9. The number of imidazole rings is 1. The van der Waals surface area contributed by atoms with Gasteiger partial charge in [0.05, 0.1) is 43.9 Å². The molecular formula is C22H25F2N9O. The minimum Gasteiger partial charge on any atom is -0.382 e. The Balaban J connectivity index is 1.26. The molecule has 10 nitrogen and oxygen atoms in total. The van der Waals surface area contributed by atoms with E-state index in [1.807, 2.05) is 18.2 Å². The number of hydrogen-bond acceptors (Lipinski definition) is 8. The highest BCUT2D eigenvalue weighted by molar-refractivity contribution is 5.88. The number of alkyl halides is 2. The van der Waals surface area contributed by atoms with Crippen LogP contribution in [0.4, 0.5) is 20.5 Å². The molecule has 0 unspecified atom stereocenters. The fourth-order valence-electron chi connectivity index (χ4n) is 4.69. The summed E-state index contributed by atoms with van der Waals surface area (Å²) in [5.74, 6) is 0.542. The normalized spacial score (nSPS) is 21.8. The molecule has 6 rings (SSSR count). The molecule has 2 fully saturated rings. The first-order valence-electron chi connectivity index (χ1n) is 11.4. The van der Waals surface area contributed by atoms with Crippen LogP contribution in [0.5, 0.6) is 0 Å². The molecule has 0 aliphatic carbocycles. The molecule has 2 saturated heterocycles. The highest BCUT2D eigenvalue weighted by Crippen LogP contribution is 2.29. The summed E-state index contributed by atoms with van der Waals surface area (Å²) in [6.07, 6.45) is 2.95. The number of nitrogens with two attached hydrogens (primary N) is 1. The lowest BCUT2D eigenvalue weighted by molar-refractivity contribution is -0.0794. The molecule has 12 heteroatoms. The van der Waals surface area contributed by atoms with Gasteiger partial charge >= 0.3 is 0 Å². The number of anilines is 2. The average Bonchev–Trinajstić information content (AvgIpc) is 3.39. The zero-order chi connectivity index (χ0) is 23.2. The van der Waals surface area contributed by atoms with Crippen molar-refractivity contribution < 1.29 is 13.5 Å². The molecule has 0 aromatic carbocycles. The summed E-state index contributed by atoms with van der Waals surface area (Å²) in [5, 5.41) is 7.64. The van der Waals surface area contributed by atoms with Crippen LogP contribution in [0.25, 0.3) is 27.9 Å². The Kier molecular flexibility index (Phi) is 5.26. The largest absolute Gasteiger partial charge is 0.382 e. The van der Waals surface area contributed by atoms with Crippen LogP contribution in [0.15, 0.2) is 30.7 Å². The number of nitrogen functional groups attached to an aromatic ring is 1. The molecule has 2 aliphatic rings. The van der Waals surface area contributed by atoms with Gasteiger partial charge in [0.15, 0.2) is 11.5 Å². The molecular weight excluding hydrogens is 444 g/mol. The van der Waals surface area contributed by atoms with Crippen LogP contribution in [0, 0.1) is 0 Å². The number of hydrogen-bond donors (Lipinski definition) is 2. The second-order valence-corrected chi connectivity index (χ2v) is 8.75. The number of fused-ring (bicyclic) bond motifs is 2. The van der Waals surface area contributed by atoms with Gasteiger partial charge in [0.25, 0.3) is 0 Å². The summed E-state index contributed by atoms with van der Waals surface area (Å²) in [4.78, 5) is 15.5. The maximum Gasteiger partial charge on any atom is 0.243 e. The zero-order valence-corrected chi connectivity index (χ0v) is 18.4. The van der Waals surface area contributed by atoms with Crippen molar-refractivity contribution in [2.45, 2.75) is 31.2 Å². The topological polar surface area (TPSA) is 111 Å². The number of ether oxygens (including phenoxy) is 1. The highest BCUT2D eigenvalue weighted by Gasteiger charge is 2.35. The predicted octanol–water partition coefficient (Wildman–Crippen LogP) is 1.92. The van der Waals surface area contributed by atoms with E-state index in [1.165, 1.54) is 0 Å². The number of aromatic nitrogens is 6. The van der Waals surface area contributed by atoms with Crippen LogP contribution in [0.2, 0.25) is 0 Å². The van der Waals surface area contributed by atoms with Gasteiger partial charge in [-0.1, -0.05) is 0 Å². The SMILES string of the molecule is Nc1nc(N[C@@H]2CCN(C3COC3)C[C@@H]2F)nn2ccc(-c3ccc4ncn(CCF)c4n3)c12. The molecule has 34 heavy (non-hydrogen) atoms. The first-order chi connectivity index (χ1) is 16.6. The van der Waals surface area contributed by atoms with Crippen LogP contribution < -0.4 is 11.1 Å². The van der Waals surface area contributed by atoms with Crippen molar-refractivity contribution in [3.63, 3.8) is 0 Å². The summed E-state index contributed by atoms with van der Waals surface area (Å²) >= 11 is 0. The van der Waals surface area contributed by atoms with Gasteiger partial charge in [-0.25, -0.2) is 23.3 Å². The second-order valence-electron chi connectivity index (χ2n) is 8.75. The van der Waals surface area contributed by atoms with Gasteiger partial charge in [0.2, 0.25) is 5.95 Å². The Bertz CT molecular complexity index is 1330. The Morgan fingerprint density at radius 2 is 2.09 bits per heavy atom. The number of piperidine rings is 1. The lowest BCUT2D eigenvalue weighted by Gasteiger charge is -2.42. The second kappa shape index (κ2) is 8.44. The minimum atomic E-state index is -1.04. The lowest BCUT2D eigenvalue weighted by atomic mass is 10.0. The molecule has 0 bridgehead atoms. The van der Waals surface area contributed by atoms with Gasteiger partial charge in [-0.15, -0.1) is 5.10 Å². The fourth-order valence-corrected chi connectivity index (χ4v) is 4.69. The number of aryl methyl sites for hydroxylation is 1. The molecule has 178 valence electrons. The number of likely N-dealkylation sites (tertiary alicyclic amines) is 1. The zero-order valence-electron chi connectivity index (χ0n) is 18.4. The van der Waals surface area contributed by atoms with Gasteiger partial charge in [-0.2, -0.15) is 4.98 Å². The Hall–Kier alpha value is -3.38. The summed E-state index contributed by atoms with van der Waals surface area (Å²) in [7, 11) is 0. The Labute approximate surface area is 193 Å². The summed E-state index contributed by atoms with van der Waals surface area (Å²) in [6.45, 7) is 2.20. The molecule has 6 heterocycles. The van der Waals surface area contributed by atoms with Crippen LogP contribution in [0.3, 0.4) is 0 Å². The van der Waals surface area contributed by atoms with Crippen LogP contribution in [-0.4, -0.2) is 85.3 Å². The van der Waals surface area contributed by atoms with E-state index < -0.39 is 12.8 Å². The molecule has 3 N–H and O–H groups in total. The smallest absolute Gasteiger partial charge is 0.243 e. The van der Waals surface area contributed by atoms with Gasteiger partial charge < -0.3 is 20.4 Å². The summed E-state index contributed by atoms with van der Waals surface area (Å²) in [5.41, 5.74) is 9.61. The number of nitrogens with one attached hydrogen (secondary N) is 1. The fraction of sp³-hybridized carbons (Fsp3) is 0.455. The van der Waals surface area contributed by atoms with Gasteiger partial charge in [0, 0.05) is 24.8 Å². The van der Waals surface area contributed by atoms with Crippen LogP contribution in [-0.2, 0) is 11.3 Å². The minimum absolute atomic E-state index is 0.187. The first-order valence-corrected chi connectivity index (χ1v) is 11.4. The highest BCUT2D eigenvalue weighted by atomic mass is 19.1. The Morgan fingerprint density at radius 3 is 2.85 bits per heavy atom. The van der Waals surface area contributed by atoms with Crippen LogP contribution >= 0.6 is 0 Å². The molecule has 0 saturated carbocycles. The summed E-state index contributed by atoms with van der Waals surface area (Å²) in [6, 6.07) is 5.47. The average molecular weight is 470 g/mol. The monoisotopic (exact) mass is 469 g/mol. The first kappa shape index (κ1) is 21.2. The van der Waals surface area contributed by atoms with Crippen molar-refractivity contribution in [2.75, 3.05) is 44.0 Å². The van der Waals surface area contributed by atoms with E-state index in [0.717, 1.165) is 12.1 Å². The quantitative estimate of drug-likeness (QED) is 0.441. The van der Waals surface area contributed by atoms with Crippen molar-refractivity contribution in [3.8, 4) is 11.3 Å². The summed E-state index contributed by atoms with van der Waals surface area (Å²) < 4.78 is 36.3. The van der Waals surface area contributed by atoms with Crippen molar-refractivity contribution in [1.82, 2.24) is 34.0 Å². The van der Waals surface area contributed by atoms with E-state index in [-0.39, 0.29) is 24.4 Å². The molecule has 2 atom stereocenters. The third-order valence-electron chi connectivity index (χ3n) is 6.63. The number of rotatable bonds is 6. The number of halogens is 2. The van der Waals surface area contributed by atoms with Crippen molar-refractivity contribution in [2.24, 2.45) is 0 Å². The van der Waals surface area contributed by atoms with Crippen molar-refractivity contribution >= 4 is 28.4 Å². The van der Waals surface area contributed by atoms with E-state index in [1.54, 1.807) is 21.6 Å². The maximum absolute atomic E-state index is 14.9. The molecule has 4 aromatic heterocycles. The van der Waals surface area contributed by atoms with Crippen molar-refractivity contribution in [3.05, 3.63) is 30.7 Å². The van der Waals surface area contributed by atoms with Crippen LogP contribution in [0.1, 0.15) is 6.42 Å². The molecule has 2 aliphatic heterocycles. The third kappa shape index (κ3) is 3.62. The van der Waals surface area contributed by atoms with Gasteiger partial charge in [-0.3, -0.25) is 4.90 Å². The van der Waals surface area contributed by atoms with E-state index in [2.05, 4.69) is 30.3 Å². The van der Waals surface area contributed by atoms with E-state index in [9.17, 15) is 8.78 Å². The number of nitrogens with zero attached hydrogens (tertiary/aromatic N) is 7. The molecule has 0 amide bonds. The third-order valence-corrected chi connectivity index (χ3v) is 6.63. The standard InChI is InChI=1S/C22H25F2N9O/c23-5-8-32-12-26-18-2-1-16(27-21(18)32)14-3-7-33-19(14)20(25)29-22(30-33)28-17-4-6-31(9-15(17)24)13-10-34-11-13/h1-3,7,12-13,15,17H,4-6,8-11H2,(H3,25,28,29,30)/t15-,17+/m0/s1. The lowest BCUT2D eigenvalue weighted by Crippen LogP contribution is -2.57. The van der Waals surface area contributed by atoms with E-state index in [0.29, 0.717) is 54.6 Å². The van der Waals surface area contributed by atoms with E-state index in [4.69, 9.17) is 10.5 Å².